The van der Waals surface area contributed by atoms with Crippen LogP contribution in [0.4, 0.5) is 17.6 Å². The molecular formula is C12H10F4N4. The number of fused-ring (bicyclic) bond motifs is 1. The molecule has 2 aromatic rings. The molecule has 3 rings (SSSR count). The number of nitrogens with zero attached hydrogens (tertiary/aromatic N) is 3. The summed E-state index contributed by atoms with van der Waals surface area (Å²) in [7, 11) is 0. The zero-order chi connectivity index (χ0) is 14.3. The number of aromatic nitrogens is 3. The number of hydrogen-bond donors (Lipinski definition) is 1. The minimum absolute atomic E-state index is 0.130. The topological polar surface area (TPSA) is 42.7 Å². The number of hydrogen-bond acceptors (Lipinski definition) is 3. The van der Waals surface area contributed by atoms with Gasteiger partial charge in [0, 0.05) is 13.1 Å². The van der Waals surface area contributed by atoms with Crippen LogP contribution < -0.4 is 5.32 Å². The Labute approximate surface area is 111 Å². The van der Waals surface area contributed by atoms with Crippen LogP contribution in [0.25, 0.3) is 11.4 Å². The van der Waals surface area contributed by atoms with E-state index in [1.54, 1.807) is 4.57 Å². The highest BCUT2D eigenvalue weighted by molar-refractivity contribution is 5.58. The van der Waals surface area contributed by atoms with Gasteiger partial charge in [0.15, 0.2) is 5.82 Å². The average molecular weight is 286 g/mol. The van der Waals surface area contributed by atoms with Crippen LogP contribution in [0, 0.1) is 5.82 Å². The van der Waals surface area contributed by atoms with Gasteiger partial charge in [0.05, 0.1) is 17.7 Å². The Morgan fingerprint density at radius 3 is 2.75 bits per heavy atom. The average Bonchev–Trinajstić information content (AvgIpc) is 2.82. The van der Waals surface area contributed by atoms with E-state index in [1.165, 1.54) is 0 Å². The van der Waals surface area contributed by atoms with Crippen molar-refractivity contribution in [3.63, 3.8) is 0 Å². The summed E-state index contributed by atoms with van der Waals surface area (Å²) in [6.45, 7) is 1.60. The first kappa shape index (κ1) is 13.0. The predicted molar refractivity (Wildman–Crippen MR) is 62.1 cm³/mol. The van der Waals surface area contributed by atoms with Crippen LogP contribution in [0.1, 0.15) is 11.4 Å². The third-order valence-electron chi connectivity index (χ3n) is 3.16. The van der Waals surface area contributed by atoms with Gasteiger partial charge < -0.3 is 9.88 Å². The van der Waals surface area contributed by atoms with Gasteiger partial charge in [-0.1, -0.05) is 0 Å². The summed E-state index contributed by atoms with van der Waals surface area (Å²) in [6, 6.07) is 2.30. The van der Waals surface area contributed by atoms with E-state index in [0.29, 0.717) is 31.5 Å². The van der Waals surface area contributed by atoms with Crippen LogP contribution in [0.2, 0.25) is 0 Å². The second-order valence-electron chi connectivity index (χ2n) is 4.46. The molecule has 0 aliphatic carbocycles. The van der Waals surface area contributed by atoms with E-state index >= 15 is 0 Å². The molecule has 1 N–H and O–H groups in total. The molecule has 1 aromatic carbocycles. The molecule has 106 valence electrons. The Bertz CT molecular complexity index is 647. The van der Waals surface area contributed by atoms with Crippen molar-refractivity contribution in [2.24, 2.45) is 0 Å². The molecule has 0 atom stereocenters. The first-order valence-electron chi connectivity index (χ1n) is 5.97. The fraction of sp³-hybridized carbons (Fsp3) is 0.333. The molecule has 0 bridgehead atoms. The van der Waals surface area contributed by atoms with Crippen LogP contribution in [-0.4, -0.2) is 21.3 Å². The Kier molecular flexibility index (Phi) is 2.97. The molecule has 0 unspecified atom stereocenters. The normalized spacial score (nSPS) is 15.2. The fourth-order valence-electron chi connectivity index (χ4n) is 2.16. The second kappa shape index (κ2) is 4.55. The standard InChI is InChI=1S/C12H10F4N4/c13-9-2-1-7(12(14,15)16)5-8(9)11-19-18-10-6-17-3-4-20(10)11/h1-2,5,17H,3-4,6H2. The van der Waals surface area contributed by atoms with Gasteiger partial charge in [0.25, 0.3) is 0 Å². The maximum atomic E-state index is 13.8. The van der Waals surface area contributed by atoms with Crippen LogP contribution in [-0.2, 0) is 19.3 Å². The van der Waals surface area contributed by atoms with E-state index < -0.39 is 17.6 Å². The first-order valence-corrected chi connectivity index (χ1v) is 5.97. The van der Waals surface area contributed by atoms with E-state index in [4.69, 9.17) is 0 Å². The van der Waals surface area contributed by atoms with Gasteiger partial charge in [-0.15, -0.1) is 10.2 Å². The van der Waals surface area contributed by atoms with Crippen molar-refractivity contribution in [2.45, 2.75) is 19.3 Å². The number of benzene rings is 1. The molecule has 1 aliphatic heterocycles. The maximum absolute atomic E-state index is 13.8. The molecule has 0 saturated carbocycles. The summed E-state index contributed by atoms with van der Waals surface area (Å²) in [5, 5.41) is 10.7. The SMILES string of the molecule is Fc1ccc(C(F)(F)F)cc1-c1nnc2n1CCNC2. The number of rotatable bonds is 1. The molecule has 0 fully saturated rings. The lowest BCUT2D eigenvalue weighted by atomic mass is 10.1. The van der Waals surface area contributed by atoms with Gasteiger partial charge in [0.1, 0.15) is 11.6 Å². The van der Waals surface area contributed by atoms with Crippen LogP contribution in [0.5, 0.6) is 0 Å². The number of halogens is 4. The first-order chi connectivity index (χ1) is 9.47. The smallest absolute Gasteiger partial charge is 0.309 e. The molecule has 20 heavy (non-hydrogen) atoms. The Morgan fingerprint density at radius 2 is 2.00 bits per heavy atom. The van der Waals surface area contributed by atoms with Gasteiger partial charge in [-0.05, 0) is 18.2 Å². The lowest BCUT2D eigenvalue weighted by Gasteiger charge is -2.16. The van der Waals surface area contributed by atoms with Crippen molar-refractivity contribution >= 4 is 0 Å². The largest absolute Gasteiger partial charge is 0.416 e. The fourth-order valence-corrected chi connectivity index (χ4v) is 2.16. The van der Waals surface area contributed by atoms with Gasteiger partial charge in [0.2, 0.25) is 0 Å². The summed E-state index contributed by atoms with van der Waals surface area (Å²) in [5.41, 5.74) is -1.08. The lowest BCUT2D eigenvalue weighted by molar-refractivity contribution is -0.137. The van der Waals surface area contributed by atoms with E-state index in [0.717, 1.165) is 12.1 Å². The molecule has 2 heterocycles. The summed E-state index contributed by atoms with van der Waals surface area (Å²) < 4.78 is 53.6. The zero-order valence-corrected chi connectivity index (χ0v) is 10.2. The summed E-state index contributed by atoms with van der Waals surface area (Å²) in [4.78, 5) is 0. The number of nitrogens with one attached hydrogen (secondary N) is 1. The molecule has 4 nitrogen and oxygen atoms in total. The highest BCUT2D eigenvalue weighted by atomic mass is 19.4. The third kappa shape index (κ3) is 2.15. The lowest BCUT2D eigenvalue weighted by Crippen LogP contribution is -2.28. The molecular weight excluding hydrogens is 276 g/mol. The quantitative estimate of drug-likeness (QED) is 0.817. The maximum Gasteiger partial charge on any atom is 0.416 e. The molecule has 8 heteroatoms. The molecule has 0 radical (unpaired) electrons. The third-order valence-corrected chi connectivity index (χ3v) is 3.16. The van der Waals surface area contributed by atoms with Crippen LogP contribution in [0.3, 0.4) is 0 Å². The van der Waals surface area contributed by atoms with Gasteiger partial charge >= 0.3 is 6.18 Å². The predicted octanol–water partition coefficient (Wildman–Crippen LogP) is 2.21. The molecule has 0 spiro atoms. The Hall–Kier alpha value is -1.96. The van der Waals surface area contributed by atoms with Crippen LogP contribution >= 0.6 is 0 Å². The minimum Gasteiger partial charge on any atom is -0.309 e. The summed E-state index contributed by atoms with van der Waals surface area (Å²) >= 11 is 0. The van der Waals surface area contributed by atoms with Crippen molar-refractivity contribution in [1.29, 1.82) is 0 Å². The van der Waals surface area contributed by atoms with E-state index in [2.05, 4.69) is 15.5 Å². The van der Waals surface area contributed by atoms with E-state index in [1.807, 2.05) is 0 Å². The number of alkyl halides is 3. The van der Waals surface area contributed by atoms with Gasteiger partial charge in [-0.25, -0.2) is 4.39 Å². The van der Waals surface area contributed by atoms with E-state index in [-0.39, 0.29) is 11.4 Å². The van der Waals surface area contributed by atoms with Crippen molar-refractivity contribution < 1.29 is 17.6 Å². The molecule has 1 aliphatic rings. The highest BCUT2D eigenvalue weighted by Gasteiger charge is 2.32. The molecule has 0 amide bonds. The van der Waals surface area contributed by atoms with Gasteiger partial charge in [-0.3, -0.25) is 0 Å². The van der Waals surface area contributed by atoms with E-state index in [9.17, 15) is 17.6 Å². The Morgan fingerprint density at radius 1 is 1.20 bits per heavy atom. The monoisotopic (exact) mass is 286 g/mol. The van der Waals surface area contributed by atoms with Crippen molar-refractivity contribution in [2.75, 3.05) is 6.54 Å². The second-order valence-corrected chi connectivity index (χ2v) is 4.46. The van der Waals surface area contributed by atoms with Crippen LogP contribution in [0.15, 0.2) is 18.2 Å². The molecule has 0 saturated heterocycles. The minimum atomic E-state index is -4.52. The highest BCUT2D eigenvalue weighted by Crippen LogP contribution is 2.33. The van der Waals surface area contributed by atoms with Crippen molar-refractivity contribution in [3.05, 3.63) is 35.4 Å². The van der Waals surface area contributed by atoms with Gasteiger partial charge in [-0.2, -0.15) is 13.2 Å². The Balaban J connectivity index is 2.12. The van der Waals surface area contributed by atoms with Crippen molar-refractivity contribution in [3.8, 4) is 11.4 Å². The summed E-state index contributed by atoms with van der Waals surface area (Å²) in [5.74, 6) is -0.0279. The molecule has 1 aromatic heterocycles. The zero-order valence-electron chi connectivity index (χ0n) is 10.2. The summed E-state index contributed by atoms with van der Waals surface area (Å²) in [6.07, 6.45) is -4.52. The van der Waals surface area contributed by atoms with Crippen molar-refractivity contribution in [1.82, 2.24) is 20.1 Å².